The predicted molar refractivity (Wildman–Crippen MR) is 125 cm³/mol. The second-order valence-electron chi connectivity index (χ2n) is 7.51. The van der Waals surface area contributed by atoms with Crippen molar-refractivity contribution in [2.75, 3.05) is 39.8 Å². The van der Waals surface area contributed by atoms with Gasteiger partial charge in [-0.15, -0.1) is 24.0 Å². The molecule has 0 aromatic heterocycles. The summed E-state index contributed by atoms with van der Waals surface area (Å²) in [6.07, 6.45) is 5.44. The summed E-state index contributed by atoms with van der Waals surface area (Å²) in [7, 11) is 1.84. The molecule has 0 amide bonds. The van der Waals surface area contributed by atoms with Crippen LogP contribution in [-0.4, -0.2) is 61.6 Å². The molecule has 1 aliphatic carbocycles. The Morgan fingerprint density at radius 3 is 2.37 bits per heavy atom. The van der Waals surface area contributed by atoms with Crippen molar-refractivity contribution in [2.24, 2.45) is 4.99 Å². The molecule has 1 saturated carbocycles. The fraction of sp³-hybridized carbons (Fsp3) is 0.667. The summed E-state index contributed by atoms with van der Waals surface area (Å²) < 4.78 is 0. The van der Waals surface area contributed by atoms with Crippen molar-refractivity contribution < 1.29 is 0 Å². The van der Waals surface area contributed by atoms with Gasteiger partial charge in [-0.1, -0.05) is 31.2 Å². The third kappa shape index (κ3) is 7.58. The Labute approximate surface area is 182 Å². The van der Waals surface area contributed by atoms with E-state index in [4.69, 9.17) is 0 Å². The third-order valence-corrected chi connectivity index (χ3v) is 5.47. The zero-order valence-corrected chi connectivity index (χ0v) is 19.2. The van der Waals surface area contributed by atoms with E-state index in [1.165, 1.54) is 49.9 Å². The Balaban J connectivity index is 0.00000261. The van der Waals surface area contributed by atoms with Crippen LogP contribution in [0.1, 0.15) is 43.7 Å². The molecule has 1 aromatic rings. The van der Waals surface area contributed by atoms with Gasteiger partial charge in [0.05, 0.1) is 0 Å². The summed E-state index contributed by atoms with van der Waals surface area (Å²) in [5, 5.41) is 6.86. The van der Waals surface area contributed by atoms with E-state index in [1.54, 1.807) is 0 Å². The Bertz CT molecular complexity index is 564. The van der Waals surface area contributed by atoms with Gasteiger partial charge in [0.15, 0.2) is 5.96 Å². The van der Waals surface area contributed by atoms with Gasteiger partial charge in [-0.3, -0.25) is 14.8 Å². The van der Waals surface area contributed by atoms with Crippen LogP contribution >= 0.6 is 24.0 Å². The maximum absolute atomic E-state index is 4.34. The molecule has 6 heteroatoms. The molecule has 0 bridgehead atoms. The molecule has 1 saturated heterocycles. The average molecular weight is 485 g/mol. The molecule has 0 unspecified atom stereocenters. The molecule has 1 heterocycles. The second-order valence-corrected chi connectivity index (χ2v) is 7.51. The number of likely N-dealkylation sites (N-methyl/N-ethyl adjacent to an activating group) is 1. The molecule has 3 rings (SSSR count). The van der Waals surface area contributed by atoms with Gasteiger partial charge in [-0.2, -0.15) is 0 Å². The highest BCUT2D eigenvalue weighted by Crippen LogP contribution is 2.25. The van der Waals surface area contributed by atoms with Gasteiger partial charge >= 0.3 is 0 Å². The number of nitrogens with one attached hydrogen (secondary N) is 2. The van der Waals surface area contributed by atoms with Crippen molar-refractivity contribution in [3.63, 3.8) is 0 Å². The van der Waals surface area contributed by atoms with Crippen LogP contribution in [0.2, 0.25) is 0 Å². The first-order valence-corrected chi connectivity index (χ1v) is 10.3. The Kier molecular flexibility index (Phi) is 9.86. The number of guanidine groups is 1. The molecular formula is C21H36IN5. The molecule has 0 radical (unpaired) electrons. The van der Waals surface area contributed by atoms with Crippen molar-refractivity contribution in [2.45, 2.75) is 51.7 Å². The number of rotatable bonds is 9. The molecule has 2 N–H and O–H groups in total. The average Bonchev–Trinajstić information content (AvgIpc) is 3.39. The van der Waals surface area contributed by atoms with Crippen molar-refractivity contribution in [1.29, 1.82) is 0 Å². The van der Waals surface area contributed by atoms with Crippen molar-refractivity contribution in [3.8, 4) is 0 Å². The topological polar surface area (TPSA) is 42.9 Å². The molecule has 2 aliphatic rings. The van der Waals surface area contributed by atoms with E-state index >= 15 is 0 Å². The lowest BCUT2D eigenvalue weighted by Crippen LogP contribution is -2.41. The fourth-order valence-electron chi connectivity index (χ4n) is 3.72. The standard InChI is InChI=1S/C21H35N5.HI/c1-3-26(20-10-11-20)15-12-23-21(22-2)24-16-18-6-8-19(9-7-18)17-25-13-4-5-14-25;/h6-9,20H,3-5,10-17H2,1-2H3,(H2,22,23,24);1H. The van der Waals surface area contributed by atoms with Gasteiger partial charge < -0.3 is 10.6 Å². The smallest absolute Gasteiger partial charge is 0.191 e. The molecule has 152 valence electrons. The molecule has 2 fully saturated rings. The minimum Gasteiger partial charge on any atom is -0.355 e. The van der Waals surface area contributed by atoms with E-state index in [-0.39, 0.29) is 24.0 Å². The van der Waals surface area contributed by atoms with Crippen LogP contribution in [0.25, 0.3) is 0 Å². The van der Waals surface area contributed by atoms with Gasteiger partial charge in [0.1, 0.15) is 0 Å². The lowest BCUT2D eigenvalue weighted by molar-refractivity contribution is 0.282. The summed E-state index contributed by atoms with van der Waals surface area (Å²) >= 11 is 0. The SMILES string of the molecule is CCN(CCNC(=NC)NCc1ccc(CN2CCCC2)cc1)C1CC1.I. The van der Waals surface area contributed by atoms with Crippen molar-refractivity contribution >= 4 is 29.9 Å². The number of hydrogen-bond acceptors (Lipinski definition) is 3. The molecule has 1 aromatic carbocycles. The summed E-state index contributed by atoms with van der Waals surface area (Å²) in [5.74, 6) is 0.887. The van der Waals surface area contributed by atoms with Crippen LogP contribution in [0.15, 0.2) is 29.3 Å². The summed E-state index contributed by atoms with van der Waals surface area (Å²) in [6, 6.07) is 9.83. The number of hydrogen-bond donors (Lipinski definition) is 2. The Morgan fingerprint density at radius 2 is 1.78 bits per heavy atom. The normalized spacial score (nSPS) is 17.8. The predicted octanol–water partition coefficient (Wildman–Crippen LogP) is 3.05. The highest BCUT2D eigenvalue weighted by molar-refractivity contribution is 14.0. The monoisotopic (exact) mass is 485 g/mol. The van der Waals surface area contributed by atoms with Crippen LogP contribution in [0.5, 0.6) is 0 Å². The molecule has 0 spiro atoms. The first-order chi connectivity index (χ1) is 12.8. The highest BCUT2D eigenvalue weighted by atomic mass is 127. The van der Waals surface area contributed by atoms with Crippen LogP contribution in [0.3, 0.4) is 0 Å². The van der Waals surface area contributed by atoms with Gasteiger partial charge in [-0.05, 0) is 56.4 Å². The van der Waals surface area contributed by atoms with Crippen molar-refractivity contribution in [1.82, 2.24) is 20.4 Å². The molecular weight excluding hydrogens is 449 g/mol. The van der Waals surface area contributed by atoms with Gasteiger partial charge in [-0.25, -0.2) is 0 Å². The number of likely N-dealkylation sites (tertiary alicyclic amines) is 1. The van der Waals surface area contributed by atoms with Gasteiger partial charge in [0, 0.05) is 39.3 Å². The first-order valence-electron chi connectivity index (χ1n) is 10.3. The third-order valence-electron chi connectivity index (χ3n) is 5.47. The lowest BCUT2D eigenvalue weighted by Gasteiger charge is -2.20. The van der Waals surface area contributed by atoms with Crippen LogP contribution < -0.4 is 10.6 Å². The molecule has 0 atom stereocenters. The van der Waals surface area contributed by atoms with Crippen molar-refractivity contribution in [3.05, 3.63) is 35.4 Å². The lowest BCUT2D eigenvalue weighted by atomic mass is 10.1. The van der Waals surface area contributed by atoms with E-state index < -0.39 is 0 Å². The quantitative estimate of drug-likeness (QED) is 0.321. The second kappa shape index (κ2) is 11.9. The van der Waals surface area contributed by atoms with E-state index in [2.05, 4.69) is 56.6 Å². The number of aliphatic imine (C=N–C) groups is 1. The minimum absolute atomic E-state index is 0. The molecule has 27 heavy (non-hydrogen) atoms. The molecule has 5 nitrogen and oxygen atoms in total. The first kappa shape index (κ1) is 22.4. The summed E-state index contributed by atoms with van der Waals surface area (Å²) in [6.45, 7) is 9.82. The maximum Gasteiger partial charge on any atom is 0.191 e. The number of halogens is 1. The Morgan fingerprint density at radius 1 is 1.11 bits per heavy atom. The zero-order chi connectivity index (χ0) is 18.2. The van der Waals surface area contributed by atoms with E-state index in [0.717, 1.165) is 44.7 Å². The fourth-order valence-corrected chi connectivity index (χ4v) is 3.72. The van der Waals surface area contributed by atoms with Crippen LogP contribution in [-0.2, 0) is 13.1 Å². The van der Waals surface area contributed by atoms with Crippen LogP contribution in [0, 0.1) is 0 Å². The van der Waals surface area contributed by atoms with E-state index in [1.807, 2.05) is 7.05 Å². The maximum atomic E-state index is 4.34. The Hall–Kier alpha value is -0.860. The summed E-state index contributed by atoms with van der Waals surface area (Å²) in [4.78, 5) is 9.44. The highest BCUT2D eigenvalue weighted by Gasteiger charge is 2.27. The van der Waals surface area contributed by atoms with Crippen LogP contribution in [0.4, 0.5) is 0 Å². The largest absolute Gasteiger partial charge is 0.355 e. The number of benzene rings is 1. The molecule has 1 aliphatic heterocycles. The zero-order valence-electron chi connectivity index (χ0n) is 16.9. The summed E-state index contributed by atoms with van der Waals surface area (Å²) in [5.41, 5.74) is 2.71. The van der Waals surface area contributed by atoms with E-state index in [0.29, 0.717) is 0 Å². The minimum atomic E-state index is 0. The van der Waals surface area contributed by atoms with Gasteiger partial charge in [0.25, 0.3) is 0 Å². The number of nitrogens with zero attached hydrogens (tertiary/aromatic N) is 3. The van der Waals surface area contributed by atoms with Gasteiger partial charge in [0.2, 0.25) is 0 Å². The van der Waals surface area contributed by atoms with E-state index in [9.17, 15) is 0 Å².